The molecule has 0 aliphatic heterocycles. The lowest BCUT2D eigenvalue weighted by molar-refractivity contribution is -0.139. The molecule has 2 aromatic carbocycles. The summed E-state index contributed by atoms with van der Waals surface area (Å²) in [5.74, 6) is -0.291. The molecule has 25 heavy (non-hydrogen) atoms. The Balaban J connectivity index is 2.13. The number of carbonyl (C=O) groups excluding carboxylic acids is 2. The number of halogens is 1. The molecule has 2 aromatic rings. The summed E-state index contributed by atoms with van der Waals surface area (Å²) in [6.07, 6.45) is 0.867. The lowest BCUT2D eigenvalue weighted by Crippen LogP contribution is -2.48. The topological polar surface area (TPSA) is 49.4 Å². The number of hydrogen-bond donors (Lipinski definition) is 1. The highest BCUT2D eigenvalue weighted by Gasteiger charge is 2.25. The first kappa shape index (κ1) is 19.0. The van der Waals surface area contributed by atoms with E-state index in [9.17, 15) is 9.59 Å². The molecule has 0 aliphatic rings. The van der Waals surface area contributed by atoms with Gasteiger partial charge in [0.25, 0.3) is 0 Å². The Morgan fingerprint density at radius 3 is 2.36 bits per heavy atom. The van der Waals surface area contributed by atoms with E-state index < -0.39 is 6.04 Å². The van der Waals surface area contributed by atoms with Crippen LogP contribution in [0.3, 0.4) is 0 Å². The van der Waals surface area contributed by atoms with E-state index in [1.54, 1.807) is 24.9 Å². The van der Waals surface area contributed by atoms with Gasteiger partial charge in [0, 0.05) is 18.6 Å². The zero-order chi connectivity index (χ0) is 18.2. The fraction of sp³-hybridized carbons (Fsp3) is 0.300. The Bertz CT molecular complexity index is 719. The molecule has 5 heteroatoms. The predicted molar refractivity (Wildman–Crippen MR) is 101 cm³/mol. The van der Waals surface area contributed by atoms with Crippen LogP contribution in [0, 0.1) is 0 Å². The Morgan fingerprint density at radius 1 is 1.08 bits per heavy atom. The maximum Gasteiger partial charge on any atom is 0.242 e. The third-order valence-corrected chi connectivity index (χ3v) is 4.57. The predicted octanol–water partition coefficient (Wildman–Crippen LogP) is 3.09. The van der Waals surface area contributed by atoms with Crippen LogP contribution in [0.1, 0.15) is 18.1 Å². The molecular formula is C20H23ClN2O2. The number of nitrogens with zero attached hydrogens (tertiary/aromatic N) is 1. The van der Waals surface area contributed by atoms with E-state index in [4.69, 9.17) is 11.6 Å². The molecule has 0 bridgehead atoms. The molecule has 1 N–H and O–H groups in total. The van der Waals surface area contributed by atoms with Crippen LogP contribution in [-0.4, -0.2) is 36.3 Å². The van der Waals surface area contributed by atoms with Crippen LogP contribution < -0.4 is 5.32 Å². The van der Waals surface area contributed by atoms with Gasteiger partial charge in [-0.05, 0) is 30.5 Å². The van der Waals surface area contributed by atoms with Gasteiger partial charge in [-0.1, -0.05) is 60.1 Å². The zero-order valence-corrected chi connectivity index (χ0v) is 15.3. The molecule has 0 aromatic heterocycles. The van der Waals surface area contributed by atoms with Crippen LogP contribution >= 0.6 is 11.6 Å². The molecule has 0 spiro atoms. The van der Waals surface area contributed by atoms with Crippen LogP contribution in [0.4, 0.5) is 0 Å². The maximum atomic E-state index is 12.8. The summed E-state index contributed by atoms with van der Waals surface area (Å²) >= 11 is 6.17. The quantitative estimate of drug-likeness (QED) is 0.826. The number of nitrogens with one attached hydrogen (secondary N) is 1. The fourth-order valence-electron chi connectivity index (χ4n) is 2.69. The van der Waals surface area contributed by atoms with Gasteiger partial charge in [0.2, 0.25) is 11.8 Å². The summed E-state index contributed by atoms with van der Waals surface area (Å²) in [5.41, 5.74) is 1.89. The first-order valence-electron chi connectivity index (χ1n) is 8.31. The molecule has 0 saturated heterocycles. The van der Waals surface area contributed by atoms with Gasteiger partial charge in [-0.25, -0.2) is 0 Å². The first-order chi connectivity index (χ1) is 12.0. The van der Waals surface area contributed by atoms with Crippen molar-refractivity contribution in [3.63, 3.8) is 0 Å². The van der Waals surface area contributed by atoms with Crippen LogP contribution in [0.2, 0.25) is 5.02 Å². The number of amides is 2. The molecule has 2 amide bonds. The van der Waals surface area contributed by atoms with Crippen LogP contribution in [0.5, 0.6) is 0 Å². The highest BCUT2D eigenvalue weighted by Crippen LogP contribution is 2.17. The minimum absolute atomic E-state index is 0.111. The van der Waals surface area contributed by atoms with Gasteiger partial charge in [-0.3, -0.25) is 9.59 Å². The van der Waals surface area contributed by atoms with Gasteiger partial charge in [0.15, 0.2) is 0 Å². The Labute approximate surface area is 153 Å². The number of rotatable bonds is 7. The summed E-state index contributed by atoms with van der Waals surface area (Å²) in [6, 6.07) is 16.7. The number of carbonyl (C=O) groups is 2. The molecule has 0 heterocycles. The molecule has 0 radical (unpaired) electrons. The minimum Gasteiger partial charge on any atom is -0.357 e. The van der Waals surface area contributed by atoms with Crippen LogP contribution in [-0.2, 0) is 22.4 Å². The highest BCUT2D eigenvalue weighted by molar-refractivity contribution is 6.31. The first-order valence-corrected chi connectivity index (χ1v) is 8.69. The van der Waals surface area contributed by atoms with Crippen molar-refractivity contribution in [2.75, 3.05) is 13.6 Å². The van der Waals surface area contributed by atoms with Crippen molar-refractivity contribution in [2.45, 2.75) is 25.8 Å². The van der Waals surface area contributed by atoms with Crippen molar-refractivity contribution < 1.29 is 9.59 Å². The second kappa shape index (κ2) is 9.23. The summed E-state index contributed by atoms with van der Waals surface area (Å²) < 4.78 is 0. The van der Waals surface area contributed by atoms with E-state index in [-0.39, 0.29) is 18.2 Å². The maximum absolute atomic E-state index is 12.8. The van der Waals surface area contributed by atoms with Crippen molar-refractivity contribution >= 4 is 23.4 Å². The third kappa shape index (κ3) is 5.33. The van der Waals surface area contributed by atoms with Gasteiger partial charge in [-0.15, -0.1) is 0 Å². The summed E-state index contributed by atoms with van der Waals surface area (Å²) in [4.78, 5) is 26.5. The van der Waals surface area contributed by atoms with Crippen molar-refractivity contribution in [2.24, 2.45) is 0 Å². The normalized spacial score (nSPS) is 11.6. The van der Waals surface area contributed by atoms with Crippen molar-refractivity contribution in [1.82, 2.24) is 10.2 Å². The van der Waals surface area contributed by atoms with Crippen molar-refractivity contribution in [3.8, 4) is 0 Å². The van der Waals surface area contributed by atoms with E-state index in [0.29, 0.717) is 18.0 Å². The second-order valence-corrected chi connectivity index (χ2v) is 6.29. The zero-order valence-electron chi connectivity index (χ0n) is 14.5. The Kier molecular flexibility index (Phi) is 7.02. The average Bonchev–Trinajstić information content (AvgIpc) is 2.63. The summed E-state index contributed by atoms with van der Waals surface area (Å²) in [6.45, 7) is 2.22. The van der Waals surface area contributed by atoms with Gasteiger partial charge in [0.1, 0.15) is 6.04 Å². The van der Waals surface area contributed by atoms with E-state index in [1.807, 2.05) is 48.5 Å². The molecule has 4 nitrogen and oxygen atoms in total. The molecule has 0 aliphatic carbocycles. The summed E-state index contributed by atoms with van der Waals surface area (Å²) in [7, 11) is 1.58. The monoisotopic (exact) mass is 358 g/mol. The van der Waals surface area contributed by atoms with Gasteiger partial charge in [-0.2, -0.15) is 0 Å². The van der Waals surface area contributed by atoms with E-state index in [0.717, 1.165) is 11.1 Å². The Morgan fingerprint density at radius 2 is 1.72 bits per heavy atom. The number of benzene rings is 2. The van der Waals surface area contributed by atoms with Crippen molar-refractivity contribution in [3.05, 3.63) is 70.7 Å². The van der Waals surface area contributed by atoms with Gasteiger partial charge in [0.05, 0.1) is 6.42 Å². The lowest BCUT2D eigenvalue weighted by atomic mass is 10.1. The molecule has 0 unspecified atom stereocenters. The average molecular weight is 359 g/mol. The SMILES string of the molecule is CNC(=O)[C@H](C)N(CCc1ccccc1)C(=O)Cc1ccccc1Cl. The van der Waals surface area contributed by atoms with E-state index in [1.165, 1.54) is 0 Å². The third-order valence-electron chi connectivity index (χ3n) is 4.20. The molecule has 1 atom stereocenters. The van der Waals surface area contributed by atoms with E-state index in [2.05, 4.69) is 5.32 Å². The van der Waals surface area contributed by atoms with Gasteiger partial charge < -0.3 is 10.2 Å². The minimum atomic E-state index is -0.538. The molecular weight excluding hydrogens is 336 g/mol. The standard InChI is InChI=1S/C20H23ClN2O2/c1-15(20(25)22-2)23(13-12-16-8-4-3-5-9-16)19(24)14-17-10-6-7-11-18(17)21/h3-11,15H,12-14H2,1-2H3,(H,22,25)/t15-/m0/s1. The highest BCUT2D eigenvalue weighted by atomic mass is 35.5. The van der Waals surface area contributed by atoms with Crippen molar-refractivity contribution in [1.29, 1.82) is 0 Å². The largest absolute Gasteiger partial charge is 0.357 e. The number of likely N-dealkylation sites (N-methyl/N-ethyl adjacent to an activating group) is 1. The fourth-order valence-corrected chi connectivity index (χ4v) is 2.89. The molecule has 2 rings (SSSR count). The van der Waals surface area contributed by atoms with Crippen LogP contribution in [0.25, 0.3) is 0 Å². The molecule has 132 valence electrons. The number of hydrogen-bond acceptors (Lipinski definition) is 2. The van der Waals surface area contributed by atoms with Crippen LogP contribution in [0.15, 0.2) is 54.6 Å². The van der Waals surface area contributed by atoms with E-state index >= 15 is 0 Å². The molecule has 0 saturated carbocycles. The summed E-state index contributed by atoms with van der Waals surface area (Å²) in [5, 5.41) is 3.18. The van der Waals surface area contributed by atoms with Gasteiger partial charge >= 0.3 is 0 Å². The smallest absolute Gasteiger partial charge is 0.242 e. The second-order valence-electron chi connectivity index (χ2n) is 5.88. The molecule has 0 fully saturated rings. The lowest BCUT2D eigenvalue weighted by Gasteiger charge is -2.28. The Hall–Kier alpha value is -2.33.